The zero-order valence-corrected chi connectivity index (χ0v) is 13.6. The Morgan fingerprint density at radius 2 is 1.54 bits per heavy atom. The lowest BCUT2D eigenvalue weighted by Gasteiger charge is -2.02. The number of aromatic hydroxyl groups is 1. The van der Waals surface area contributed by atoms with Gasteiger partial charge in [0.15, 0.2) is 0 Å². The predicted octanol–water partition coefficient (Wildman–Crippen LogP) is 5.26. The molecule has 0 aliphatic rings. The van der Waals surface area contributed by atoms with Gasteiger partial charge in [0.05, 0.1) is 22.6 Å². The molecular weight excluding hydrogens is 330 g/mol. The maximum absolute atomic E-state index is 11.2. The first-order chi connectivity index (χ1) is 12.6. The molecule has 0 saturated heterocycles. The van der Waals surface area contributed by atoms with Crippen LogP contribution in [0.25, 0.3) is 0 Å². The summed E-state index contributed by atoms with van der Waals surface area (Å²) in [6, 6.07) is 20.4. The number of aromatic carboxylic acids is 1. The van der Waals surface area contributed by atoms with E-state index in [9.17, 15) is 15.0 Å². The monoisotopic (exact) mass is 345 g/mol. The topological polar surface area (TPSA) is 94.6 Å². The van der Waals surface area contributed by atoms with Crippen molar-refractivity contribution in [3.8, 4) is 5.75 Å². The van der Waals surface area contributed by atoms with Gasteiger partial charge in [-0.05, 0) is 42.5 Å². The van der Waals surface area contributed by atoms with Gasteiger partial charge in [0.2, 0.25) is 0 Å². The SMILES string of the molecule is O=C(O)c1ccccc1N=Cc1cc(N=Nc2ccccc2)ccc1O. The summed E-state index contributed by atoms with van der Waals surface area (Å²) < 4.78 is 0. The van der Waals surface area contributed by atoms with Crippen LogP contribution in [0.5, 0.6) is 5.75 Å². The van der Waals surface area contributed by atoms with Crippen LogP contribution in [0.4, 0.5) is 17.1 Å². The first kappa shape index (κ1) is 17.0. The lowest BCUT2D eigenvalue weighted by molar-refractivity contribution is 0.0698. The first-order valence-electron chi connectivity index (χ1n) is 7.80. The van der Waals surface area contributed by atoms with E-state index >= 15 is 0 Å². The van der Waals surface area contributed by atoms with Gasteiger partial charge in [-0.3, -0.25) is 4.99 Å². The molecule has 6 heteroatoms. The van der Waals surface area contributed by atoms with E-state index in [2.05, 4.69) is 15.2 Å². The smallest absolute Gasteiger partial charge is 0.337 e. The Bertz CT molecular complexity index is 983. The molecule has 0 heterocycles. The quantitative estimate of drug-likeness (QED) is 0.488. The van der Waals surface area contributed by atoms with E-state index in [0.717, 1.165) is 0 Å². The highest BCUT2D eigenvalue weighted by atomic mass is 16.4. The maximum atomic E-state index is 11.2. The van der Waals surface area contributed by atoms with Crippen LogP contribution in [-0.2, 0) is 0 Å². The van der Waals surface area contributed by atoms with Gasteiger partial charge >= 0.3 is 5.97 Å². The molecule has 0 aromatic heterocycles. The average Bonchev–Trinajstić information content (AvgIpc) is 2.67. The Morgan fingerprint density at radius 1 is 0.846 bits per heavy atom. The number of para-hydroxylation sites is 1. The average molecular weight is 345 g/mol. The van der Waals surface area contributed by atoms with Gasteiger partial charge in [-0.25, -0.2) is 4.79 Å². The Labute approximate surface area is 149 Å². The molecule has 3 aromatic carbocycles. The number of carboxylic acids is 1. The number of carboxylic acid groups (broad SMARTS) is 1. The molecule has 0 bridgehead atoms. The third-order valence-electron chi connectivity index (χ3n) is 3.53. The van der Waals surface area contributed by atoms with Crippen molar-refractivity contribution in [2.75, 3.05) is 0 Å². The van der Waals surface area contributed by atoms with Gasteiger partial charge < -0.3 is 10.2 Å². The third-order valence-corrected chi connectivity index (χ3v) is 3.53. The number of hydrogen-bond acceptors (Lipinski definition) is 5. The fourth-order valence-electron chi connectivity index (χ4n) is 2.22. The zero-order chi connectivity index (χ0) is 18.4. The minimum absolute atomic E-state index is 0.0141. The van der Waals surface area contributed by atoms with E-state index in [4.69, 9.17) is 0 Å². The molecule has 0 saturated carbocycles. The normalized spacial score (nSPS) is 11.2. The summed E-state index contributed by atoms with van der Waals surface area (Å²) in [5, 5.41) is 27.4. The number of phenols is 1. The minimum Gasteiger partial charge on any atom is -0.507 e. The second kappa shape index (κ2) is 7.85. The van der Waals surface area contributed by atoms with Crippen molar-refractivity contribution >= 4 is 29.2 Å². The van der Waals surface area contributed by atoms with Crippen LogP contribution in [0.1, 0.15) is 15.9 Å². The minimum atomic E-state index is -1.06. The summed E-state index contributed by atoms with van der Waals surface area (Å²) in [5.41, 5.74) is 2.05. The van der Waals surface area contributed by atoms with Gasteiger partial charge in [0.25, 0.3) is 0 Å². The van der Waals surface area contributed by atoms with Crippen molar-refractivity contribution in [1.82, 2.24) is 0 Å². The Kier molecular flexibility index (Phi) is 5.14. The van der Waals surface area contributed by atoms with Gasteiger partial charge in [-0.2, -0.15) is 10.2 Å². The summed E-state index contributed by atoms with van der Waals surface area (Å²) in [6.07, 6.45) is 1.40. The molecular formula is C20H15N3O3. The highest BCUT2D eigenvalue weighted by Gasteiger charge is 2.08. The van der Waals surface area contributed by atoms with Crippen molar-refractivity contribution < 1.29 is 15.0 Å². The van der Waals surface area contributed by atoms with Crippen molar-refractivity contribution in [3.63, 3.8) is 0 Å². The molecule has 26 heavy (non-hydrogen) atoms. The molecule has 6 nitrogen and oxygen atoms in total. The second-order valence-electron chi connectivity index (χ2n) is 5.36. The van der Waals surface area contributed by atoms with E-state index in [1.807, 2.05) is 30.3 Å². The number of hydrogen-bond donors (Lipinski definition) is 2. The predicted molar refractivity (Wildman–Crippen MR) is 99.4 cm³/mol. The van der Waals surface area contributed by atoms with E-state index < -0.39 is 5.97 Å². The number of azo groups is 1. The van der Waals surface area contributed by atoms with Crippen LogP contribution < -0.4 is 0 Å². The van der Waals surface area contributed by atoms with Crippen LogP contribution in [0.2, 0.25) is 0 Å². The fraction of sp³-hybridized carbons (Fsp3) is 0. The summed E-state index contributed by atoms with van der Waals surface area (Å²) in [4.78, 5) is 15.4. The largest absolute Gasteiger partial charge is 0.507 e. The Hall–Kier alpha value is -3.80. The number of aliphatic imine (C=N–C) groups is 1. The standard InChI is InChI=1S/C20H15N3O3/c24-19-11-10-16(23-22-15-6-2-1-3-7-15)12-14(19)13-21-18-9-5-4-8-17(18)20(25)26/h1-13,24H,(H,25,26). The van der Waals surface area contributed by atoms with Gasteiger partial charge in [0.1, 0.15) is 5.75 Å². The molecule has 3 rings (SSSR count). The van der Waals surface area contributed by atoms with E-state index in [0.29, 0.717) is 22.6 Å². The number of benzene rings is 3. The molecule has 0 aliphatic carbocycles. The van der Waals surface area contributed by atoms with Gasteiger partial charge in [0, 0.05) is 11.8 Å². The molecule has 0 aliphatic heterocycles. The summed E-state index contributed by atoms with van der Waals surface area (Å²) in [7, 11) is 0. The van der Waals surface area contributed by atoms with E-state index in [1.165, 1.54) is 18.3 Å². The Morgan fingerprint density at radius 3 is 2.31 bits per heavy atom. The van der Waals surface area contributed by atoms with Crippen LogP contribution >= 0.6 is 0 Å². The molecule has 0 fully saturated rings. The molecule has 0 radical (unpaired) electrons. The lowest BCUT2D eigenvalue weighted by Crippen LogP contribution is -1.96. The number of rotatable bonds is 5. The fourth-order valence-corrected chi connectivity index (χ4v) is 2.22. The maximum Gasteiger partial charge on any atom is 0.337 e. The van der Waals surface area contributed by atoms with Crippen molar-refractivity contribution in [3.05, 3.63) is 83.9 Å². The van der Waals surface area contributed by atoms with Crippen molar-refractivity contribution in [1.29, 1.82) is 0 Å². The van der Waals surface area contributed by atoms with Crippen molar-refractivity contribution in [2.24, 2.45) is 15.2 Å². The zero-order valence-electron chi connectivity index (χ0n) is 13.6. The number of carbonyl (C=O) groups is 1. The van der Waals surface area contributed by atoms with Crippen LogP contribution in [0.15, 0.2) is 88.0 Å². The lowest BCUT2D eigenvalue weighted by atomic mass is 10.1. The number of nitrogens with zero attached hydrogens (tertiary/aromatic N) is 3. The summed E-state index contributed by atoms with van der Waals surface area (Å²) in [5.74, 6) is -1.05. The highest BCUT2D eigenvalue weighted by Crippen LogP contribution is 2.25. The highest BCUT2D eigenvalue weighted by molar-refractivity contribution is 5.95. The summed E-state index contributed by atoms with van der Waals surface area (Å²) in [6.45, 7) is 0. The van der Waals surface area contributed by atoms with Gasteiger partial charge in [-0.1, -0.05) is 30.3 Å². The number of phenolic OH excluding ortho intramolecular Hbond substituents is 1. The summed E-state index contributed by atoms with van der Waals surface area (Å²) >= 11 is 0. The van der Waals surface area contributed by atoms with E-state index in [-0.39, 0.29) is 11.3 Å². The molecule has 0 unspecified atom stereocenters. The molecule has 0 spiro atoms. The van der Waals surface area contributed by atoms with Crippen LogP contribution in [-0.4, -0.2) is 22.4 Å². The molecule has 0 atom stereocenters. The first-order valence-corrected chi connectivity index (χ1v) is 7.80. The van der Waals surface area contributed by atoms with Crippen molar-refractivity contribution in [2.45, 2.75) is 0 Å². The van der Waals surface area contributed by atoms with Gasteiger partial charge in [-0.15, -0.1) is 0 Å². The van der Waals surface area contributed by atoms with E-state index in [1.54, 1.807) is 30.3 Å². The Balaban J connectivity index is 1.87. The van der Waals surface area contributed by atoms with Crippen LogP contribution in [0, 0.1) is 0 Å². The molecule has 128 valence electrons. The molecule has 0 amide bonds. The molecule has 2 N–H and O–H groups in total. The van der Waals surface area contributed by atoms with Crippen LogP contribution in [0.3, 0.4) is 0 Å². The second-order valence-corrected chi connectivity index (χ2v) is 5.36. The molecule has 3 aromatic rings. The third kappa shape index (κ3) is 4.18.